The standard InChI is InChI=1S/C15H19NO5/c1-3-19-13(17)8-9-16-15(18)14-10(2)20-11-6-4-5-7-12(11)21-14/h4-7,10,14H,3,8-9H2,1-2H3,(H,16,18). The lowest BCUT2D eigenvalue weighted by Gasteiger charge is -2.30. The molecule has 0 spiro atoms. The first-order valence-corrected chi connectivity index (χ1v) is 6.97. The molecule has 1 amide bonds. The summed E-state index contributed by atoms with van der Waals surface area (Å²) in [5.74, 6) is 0.528. The van der Waals surface area contributed by atoms with Gasteiger partial charge in [0.2, 0.25) is 6.10 Å². The van der Waals surface area contributed by atoms with E-state index in [9.17, 15) is 9.59 Å². The quantitative estimate of drug-likeness (QED) is 0.828. The number of nitrogens with one attached hydrogen (secondary N) is 1. The Labute approximate surface area is 123 Å². The van der Waals surface area contributed by atoms with Gasteiger partial charge in [-0.15, -0.1) is 0 Å². The van der Waals surface area contributed by atoms with Crippen molar-refractivity contribution in [3.05, 3.63) is 24.3 Å². The van der Waals surface area contributed by atoms with E-state index in [1.54, 1.807) is 26.0 Å². The molecule has 114 valence electrons. The van der Waals surface area contributed by atoms with Gasteiger partial charge in [-0.3, -0.25) is 9.59 Å². The normalized spacial score (nSPS) is 19.7. The summed E-state index contributed by atoms with van der Waals surface area (Å²) >= 11 is 0. The van der Waals surface area contributed by atoms with E-state index >= 15 is 0 Å². The minimum absolute atomic E-state index is 0.137. The van der Waals surface area contributed by atoms with Crippen molar-refractivity contribution in [1.29, 1.82) is 0 Å². The molecule has 1 N–H and O–H groups in total. The number of para-hydroxylation sites is 2. The molecule has 21 heavy (non-hydrogen) atoms. The first kappa shape index (κ1) is 15.2. The predicted molar refractivity (Wildman–Crippen MR) is 75.2 cm³/mol. The summed E-state index contributed by atoms with van der Waals surface area (Å²) in [4.78, 5) is 23.3. The number of carbonyl (C=O) groups excluding carboxylic acids is 2. The molecule has 1 aliphatic rings. The van der Waals surface area contributed by atoms with Gasteiger partial charge >= 0.3 is 5.97 Å². The highest BCUT2D eigenvalue weighted by Gasteiger charge is 2.33. The fourth-order valence-electron chi connectivity index (χ4n) is 2.03. The summed E-state index contributed by atoms with van der Waals surface area (Å²) in [6, 6.07) is 7.20. The van der Waals surface area contributed by atoms with E-state index in [0.717, 1.165) is 0 Å². The van der Waals surface area contributed by atoms with Gasteiger partial charge in [0.1, 0.15) is 6.10 Å². The summed E-state index contributed by atoms with van der Waals surface area (Å²) in [6.45, 7) is 4.06. The summed E-state index contributed by atoms with van der Waals surface area (Å²) in [7, 11) is 0. The third-order valence-corrected chi connectivity index (χ3v) is 3.03. The Hall–Kier alpha value is -2.24. The van der Waals surface area contributed by atoms with Crippen molar-refractivity contribution in [3.8, 4) is 11.5 Å². The monoisotopic (exact) mass is 293 g/mol. The van der Waals surface area contributed by atoms with Crippen LogP contribution in [0.25, 0.3) is 0 Å². The molecule has 2 rings (SSSR count). The summed E-state index contributed by atoms with van der Waals surface area (Å²) in [6.07, 6.45) is -0.998. The molecule has 6 heteroatoms. The van der Waals surface area contributed by atoms with Gasteiger partial charge in [0.25, 0.3) is 5.91 Å². The van der Waals surface area contributed by atoms with Crippen LogP contribution in [0.3, 0.4) is 0 Å². The number of hydrogen-bond donors (Lipinski definition) is 1. The van der Waals surface area contributed by atoms with Crippen LogP contribution in [-0.4, -0.2) is 37.2 Å². The fourth-order valence-corrected chi connectivity index (χ4v) is 2.03. The lowest BCUT2D eigenvalue weighted by Crippen LogP contribution is -2.49. The number of benzene rings is 1. The summed E-state index contributed by atoms with van der Waals surface area (Å²) in [5, 5.41) is 2.66. The maximum absolute atomic E-state index is 12.1. The molecule has 0 saturated carbocycles. The van der Waals surface area contributed by atoms with Crippen LogP contribution >= 0.6 is 0 Å². The van der Waals surface area contributed by atoms with E-state index < -0.39 is 12.2 Å². The summed E-state index contributed by atoms with van der Waals surface area (Å²) < 4.78 is 16.1. The summed E-state index contributed by atoms with van der Waals surface area (Å²) in [5.41, 5.74) is 0. The fraction of sp³-hybridized carbons (Fsp3) is 0.467. The Balaban J connectivity index is 1.87. The van der Waals surface area contributed by atoms with Crippen LogP contribution in [0.4, 0.5) is 0 Å². The second kappa shape index (κ2) is 6.97. The van der Waals surface area contributed by atoms with E-state index in [0.29, 0.717) is 18.1 Å². The topological polar surface area (TPSA) is 73.9 Å². The molecule has 6 nitrogen and oxygen atoms in total. The smallest absolute Gasteiger partial charge is 0.307 e. The average molecular weight is 293 g/mol. The molecule has 0 radical (unpaired) electrons. The second-order valence-electron chi connectivity index (χ2n) is 4.65. The molecule has 2 atom stereocenters. The first-order valence-electron chi connectivity index (χ1n) is 6.97. The number of ether oxygens (including phenoxy) is 3. The highest BCUT2D eigenvalue weighted by Crippen LogP contribution is 2.33. The number of fused-ring (bicyclic) bond motifs is 1. The predicted octanol–water partition coefficient (Wildman–Crippen LogP) is 1.28. The molecular weight excluding hydrogens is 274 g/mol. The van der Waals surface area contributed by atoms with Crippen LogP contribution in [0.15, 0.2) is 24.3 Å². The van der Waals surface area contributed by atoms with Gasteiger partial charge in [0.05, 0.1) is 13.0 Å². The molecule has 1 heterocycles. The number of carbonyl (C=O) groups is 2. The van der Waals surface area contributed by atoms with Crippen LogP contribution in [0.1, 0.15) is 20.3 Å². The molecule has 0 fully saturated rings. The zero-order chi connectivity index (χ0) is 15.2. The highest BCUT2D eigenvalue weighted by molar-refractivity contribution is 5.82. The van der Waals surface area contributed by atoms with Crippen LogP contribution in [0.5, 0.6) is 11.5 Å². The van der Waals surface area contributed by atoms with Crippen molar-refractivity contribution >= 4 is 11.9 Å². The minimum Gasteiger partial charge on any atom is -0.482 e. The molecule has 2 unspecified atom stereocenters. The van der Waals surface area contributed by atoms with Crippen molar-refractivity contribution in [2.45, 2.75) is 32.5 Å². The van der Waals surface area contributed by atoms with Gasteiger partial charge in [-0.1, -0.05) is 12.1 Å². The Bertz CT molecular complexity index is 517. The van der Waals surface area contributed by atoms with Crippen LogP contribution in [0.2, 0.25) is 0 Å². The lowest BCUT2D eigenvalue weighted by molar-refractivity contribution is -0.143. The van der Waals surface area contributed by atoms with Crippen LogP contribution < -0.4 is 14.8 Å². The van der Waals surface area contributed by atoms with Crippen molar-refractivity contribution in [2.24, 2.45) is 0 Å². The Morgan fingerprint density at radius 2 is 1.90 bits per heavy atom. The van der Waals surface area contributed by atoms with Crippen LogP contribution in [-0.2, 0) is 14.3 Å². The zero-order valence-electron chi connectivity index (χ0n) is 12.1. The lowest BCUT2D eigenvalue weighted by atomic mass is 10.1. The Morgan fingerprint density at radius 1 is 1.24 bits per heavy atom. The van der Waals surface area contributed by atoms with Gasteiger partial charge in [0.15, 0.2) is 11.5 Å². The van der Waals surface area contributed by atoms with Crippen molar-refractivity contribution < 1.29 is 23.8 Å². The molecule has 0 aromatic heterocycles. The zero-order valence-corrected chi connectivity index (χ0v) is 12.1. The van der Waals surface area contributed by atoms with Crippen molar-refractivity contribution in [1.82, 2.24) is 5.32 Å². The number of amides is 1. The first-order chi connectivity index (χ1) is 10.1. The second-order valence-corrected chi connectivity index (χ2v) is 4.65. The molecule has 1 aromatic carbocycles. The Morgan fingerprint density at radius 3 is 2.57 bits per heavy atom. The van der Waals surface area contributed by atoms with E-state index in [2.05, 4.69) is 5.32 Å². The Kier molecular flexibility index (Phi) is 5.03. The number of rotatable bonds is 5. The largest absolute Gasteiger partial charge is 0.482 e. The molecule has 0 bridgehead atoms. The molecule has 0 saturated heterocycles. The molecule has 1 aliphatic heterocycles. The third kappa shape index (κ3) is 3.87. The highest BCUT2D eigenvalue weighted by atomic mass is 16.6. The van der Waals surface area contributed by atoms with Crippen molar-refractivity contribution in [3.63, 3.8) is 0 Å². The average Bonchev–Trinajstić information content (AvgIpc) is 2.46. The maximum atomic E-state index is 12.1. The van der Waals surface area contributed by atoms with Gasteiger partial charge in [-0.25, -0.2) is 0 Å². The van der Waals surface area contributed by atoms with Crippen molar-refractivity contribution in [2.75, 3.05) is 13.2 Å². The van der Waals surface area contributed by atoms with E-state index in [-0.39, 0.29) is 24.8 Å². The van der Waals surface area contributed by atoms with Crippen LogP contribution in [0, 0.1) is 0 Å². The van der Waals surface area contributed by atoms with Gasteiger partial charge < -0.3 is 19.5 Å². The van der Waals surface area contributed by atoms with E-state index in [1.807, 2.05) is 12.1 Å². The molecule has 0 aliphatic carbocycles. The number of hydrogen-bond acceptors (Lipinski definition) is 5. The number of esters is 1. The van der Waals surface area contributed by atoms with E-state index in [4.69, 9.17) is 14.2 Å². The molecule has 1 aromatic rings. The SMILES string of the molecule is CCOC(=O)CCNC(=O)C1Oc2ccccc2OC1C. The molecular formula is C15H19NO5. The maximum Gasteiger partial charge on any atom is 0.307 e. The van der Waals surface area contributed by atoms with Gasteiger partial charge in [-0.05, 0) is 26.0 Å². The van der Waals surface area contributed by atoms with Gasteiger partial charge in [0, 0.05) is 6.54 Å². The minimum atomic E-state index is -0.734. The van der Waals surface area contributed by atoms with E-state index in [1.165, 1.54) is 0 Å². The third-order valence-electron chi connectivity index (χ3n) is 3.03. The van der Waals surface area contributed by atoms with Gasteiger partial charge in [-0.2, -0.15) is 0 Å².